The van der Waals surface area contributed by atoms with E-state index < -0.39 is 5.91 Å². The number of amides is 1. The van der Waals surface area contributed by atoms with Gasteiger partial charge in [-0.3, -0.25) is 4.79 Å². The van der Waals surface area contributed by atoms with Crippen molar-refractivity contribution in [2.45, 2.75) is 13.8 Å². The van der Waals surface area contributed by atoms with Gasteiger partial charge in [-0.2, -0.15) is 4.99 Å². The summed E-state index contributed by atoms with van der Waals surface area (Å²) in [7, 11) is 0. The standard InChI is InChI=1S/C11H15N3O2/c1-7-3-4-8(2)9(5-7)16-6-10(15)14-11(12)13/h3-5H,6H2,1-2H3,(H4,12,13,14,15). The number of nitrogens with two attached hydrogens (primary N) is 2. The fourth-order valence-corrected chi connectivity index (χ4v) is 1.18. The lowest BCUT2D eigenvalue weighted by atomic mass is 10.1. The number of hydrogen-bond acceptors (Lipinski definition) is 2. The molecule has 5 heteroatoms. The largest absolute Gasteiger partial charge is 0.483 e. The molecule has 1 amide bonds. The van der Waals surface area contributed by atoms with Gasteiger partial charge in [0.05, 0.1) is 0 Å². The van der Waals surface area contributed by atoms with Crippen LogP contribution in [-0.2, 0) is 4.79 Å². The van der Waals surface area contributed by atoms with Crippen LogP contribution in [0.25, 0.3) is 0 Å². The van der Waals surface area contributed by atoms with Gasteiger partial charge >= 0.3 is 0 Å². The minimum Gasteiger partial charge on any atom is -0.483 e. The van der Waals surface area contributed by atoms with Crippen LogP contribution >= 0.6 is 0 Å². The molecule has 1 rings (SSSR count). The van der Waals surface area contributed by atoms with E-state index in [-0.39, 0.29) is 12.6 Å². The van der Waals surface area contributed by atoms with Gasteiger partial charge in [-0.1, -0.05) is 12.1 Å². The van der Waals surface area contributed by atoms with Crippen LogP contribution in [0.1, 0.15) is 11.1 Å². The molecule has 0 aliphatic carbocycles. The summed E-state index contributed by atoms with van der Waals surface area (Å²) in [5.41, 5.74) is 12.2. The number of benzene rings is 1. The van der Waals surface area contributed by atoms with E-state index in [1.807, 2.05) is 32.0 Å². The SMILES string of the molecule is Cc1ccc(C)c(OCC(=O)N=C(N)N)c1. The Morgan fingerprint density at radius 3 is 2.69 bits per heavy atom. The third-order valence-electron chi connectivity index (χ3n) is 1.95. The van der Waals surface area contributed by atoms with Crippen molar-refractivity contribution in [1.82, 2.24) is 0 Å². The second-order valence-electron chi connectivity index (χ2n) is 3.49. The normalized spacial score (nSPS) is 9.62. The smallest absolute Gasteiger partial charge is 0.286 e. The monoisotopic (exact) mass is 221 g/mol. The molecule has 0 aliphatic heterocycles. The Kier molecular flexibility index (Phi) is 3.88. The van der Waals surface area contributed by atoms with E-state index in [0.29, 0.717) is 5.75 Å². The van der Waals surface area contributed by atoms with Crippen molar-refractivity contribution in [1.29, 1.82) is 0 Å². The second-order valence-corrected chi connectivity index (χ2v) is 3.49. The van der Waals surface area contributed by atoms with Crippen LogP contribution in [0.4, 0.5) is 0 Å². The molecule has 0 fully saturated rings. The minimum absolute atomic E-state index is 0.164. The molecular formula is C11H15N3O2. The third kappa shape index (κ3) is 3.61. The molecule has 0 spiro atoms. The predicted octanol–water partition coefficient (Wildman–Crippen LogP) is 0.482. The molecule has 5 nitrogen and oxygen atoms in total. The molecule has 0 saturated carbocycles. The first-order chi connectivity index (χ1) is 7.49. The number of aliphatic imine (C=N–C) groups is 1. The van der Waals surface area contributed by atoms with E-state index in [1.54, 1.807) is 0 Å². The number of carbonyl (C=O) groups excluding carboxylic acids is 1. The first-order valence-corrected chi connectivity index (χ1v) is 4.81. The van der Waals surface area contributed by atoms with E-state index >= 15 is 0 Å². The number of ether oxygens (including phenoxy) is 1. The number of rotatable bonds is 3. The Morgan fingerprint density at radius 1 is 1.38 bits per heavy atom. The van der Waals surface area contributed by atoms with Crippen LogP contribution in [0.3, 0.4) is 0 Å². The van der Waals surface area contributed by atoms with Gasteiger partial charge in [-0.25, -0.2) is 0 Å². The zero-order valence-corrected chi connectivity index (χ0v) is 9.36. The molecule has 0 aromatic heterocycles. The first-order valence-electron chi connectivity index (χ1n) is 4.81. The summed E-state index contributed by atoms with van der Waals surface area (Å²) < 4.78 is 5.31. The molecule has 0 unspecified atom stereocenters. The van der Waals surface area contributed by atoms with Crippen LogP contribution in [0.2, 0.25) is 0 Å². The van der Waals surface area contributed by atoms with E-state index in [1.165, 1.54) is 0 Å². The van der Waals surface area contributed by atoms with Crippen LogP contribution in [0.15, 0.2) is 23.2 Å². The summed E-state index contributed by atoms with van der Waals surface area (Å²) in [5.74, 6) is -0.0883. The van der Waals surface area contributed by atoms with E-state index in [0.717, 1.165) is 11.1 Å². The van der Waals surface area contributed by atoms with Crippen LogP contribution in [0, 0.1) is 13.8 Å². The summed E-state index contributed by atoms with van der Waals surface area (Å²) in [6, 6.07) is 5.76. The van der Waals surface area contributed by atoms with Crippen molar-refractivity contribution < 1.29 is 9.53 Å². The van der Waals surface area contributed by atoms with E-state index in [2.05, 4.69) is 4.99 Å². The van der Waals surface area contributed by atoms with Crippen molar-refractivity contribution in [3.63, 3.8) is 0 Å². The van der Waals surface area contributed by atoms with Crippen molar-refractivity contribution >= 4 is 11.9 Å². The lowest BCUT2D eigenvalue weighted by molar-refractivity contribution is -0.119. The van der Waals surface area contributed by atoms with Gasteiger partial charge in [0.15, 0.2) is 12.6 Å². The van der Waals surface area contributed by atoms with E-state index in [4.69, 9.17) is 16.2 Å². The zero-order chi connectivity index (χ0) is 12.1. The van der Waals surface area contributed by atoms with Crippen LogP contribution in [0.5, 0.6) is 5.75 Å². The maximum Gasteiger partial charge on any atom is 0.286 e. The van der Waals surface area contributed by atoms with Gasteiger partial charge in [0.25, 0.3) is 5.91 Å². The maximum absolute atomic E-state index is 11.2. The lowest BCUT2D eigenvalue weighted by Crippen LogP contribution is -2.25. The molecule has 0 aliphatic rings. The highest BCUT2D eigenvalue weighted by atomic mass is 16.5. The molecule has 0 atom stereocenters. The van der Waals surface area contributed by atoms with Crippen LogP contribution < -0.4 is 16.2 Å². The molecule has 0 bridgehead atoms. The molecule has 1 aromatic rings. The highest BCUT2D eigenvalue weighted by molar-refractivity contribution is 5.92. The lowest BCUT2D eigenvalue weighted by Gasteiger charge is -2.07. The average Bonchev–Trinajstić information content (AvgIpc) is 2.18. The van der Waals surface area contributed by atoms with Gasteiger partial charge in [-0.15, -0.1) is 0 Å². The Labute approximate surface area is 94.1 Å². The van der Waals surface area contributed by atoms with E-state index in [9.17, 15) is 4.79 Å². The third-order valence-corrected chi connectivity index (χ3v) is 1.95. The van der Waals surface area contributed by atoms with Gasteiger partial charge in [-0.05, 0) is 31.0 Å². The molecule has 0 heterocycles. The number of carbonyl (C=O) groups is 1. The highest BCUT2D eigenvalue weighted by Crippen LogP contribution is 2.18. The van der Waals surface area contributed by atoms with Gasteiger partial charge in [0.1, 0.15) is 5.75 Å². The summed E-state index contributed by atoms with van der Waals surface area (Å²) in [6.45, 7) is 3.69. The summed E-state index contributed by atoms with van der Waals surface area (Å²) >= 11 is 0. The number of guanidine groups is 1. The second kappa shape index (κ2) is 5.16. The minimum atomic E-state index is -0.499. The van der Waals surface area contributed by atoms with Gasteiger partial charge in [0, 0.05) is 0 Å². The van der Waals surface area contributed by atoms with Gasteiger partial charge < -0.3 is 16.2 Å². The quantitative estimate of drug-likeness (QED) is 0.573. The number of nitrogens with zero attached hydrogens (tertiary/aromatic N) is 1. The molecule has 16 heavy (non-hydrogen) atoms. The summed E-state index contributed by atoms with van der Waals surface area (Å²) in [5, 5.41) is 0. The molecule has 86 valence electrons. The fourth-order valence-electron chi connectivity index (χ4n) is 1.18. The average molecular weight is 221 g/mol. The van der Waals surface area contributed by atoms with Crippen molar-refractivity contribution in [3.8, 4) is 5.75 Å². The van der Waals surface area contributed by atoms with Crippen molar-refractivity contribution in [3.05, 3.63) is 29.3 Å². The molecular weight excluding hydrogens is 206 g/mol. The molecule has 0 saturated heterocycles. The van der Waals surface area contributed by atoms with Crippen LogP contribution in [-0.4, -0.2) is 18.5 Å². The number of hydrogen-bond donors (Lipinski definition) is 2. The van der Waals surface area contributed by atoms with Gasteiger partial charge in [0.2, 0.25) is 0 Å². The molecule has 0 radical (unpaired) electrons. The first kappa shape index (κ1) is 12.0. The Morgan fingerprint density at radius 2 is 2.06 bits per heavy atom. The number of aryl methyl sites for hydroxylation is 2. The van der Waals surface area contributed by atoms with Crippen molar-refractivity contribution in [2.75, 3.05) is 6.61 Å². The zero-order valence-electron chi connectivity index (χ0n) is 9.36. The Balaban J connectivity index is 2.64. The predicted molar refractivity (Wildman–Crippen MR) is 62.2 cm³/mol. The highest BCUT2D eigenvalue weighted by Gasteiger charge is 2.04. The Hall–Kier alpha value is -2.04. The fraction of sp³-hybridized carbons (Fsp3) is 0.273. The Bertz CT molecular complexity index is 423. The molecule has 4 N–H and O–H groups in total. The topological polar surface area (TPSA) is 90.7 Å². The molecule has 1 aromatic carbocycles. The summed E-state index contributed by atoms with van der Waals surface area (Å²) in [6.07, 6.45) is 0. The van der Waals surface area contributed by atoms with Crippen molar-refractivity contribution in [2.24, 2.45) is 16.5 Å². The maximum atomic E-state index is 11.2. The summed E-state index contributed by atoms with van der Waals surface area (Å²) in [4.78, 5) is 14.5.